The number of urea groups is 1. The predicted octanol–water partition coefficient (Wildman–Crippen LogP) is -0.827. The van der Waals surface area contributed by atoms with Crippen LogP contribution in [0.25, 0.3) is 0 Å². The van der Waals surface area contributed by atoms with E-state index in [0.717, 1.165) is 0 Å². The molecule has 0 radical (unpaired) electrons. The molecule has 1 saturated heterocycles. The van der Waals surface area contributed by atoms with Gasteiger partial charge in [-0.05, 0) is 6.92 Å². The molecule has 1 aliphatic heterocycles. The van der Waals surface area contributed by atoms with Gasteiger partial charge < -0.3 is 5.32 Å². The second-order valence-electron chi connectivity index (χ2n) is 2.42. The monoisotopic (exact) mass is 156 g/mol. The van der Waals surface area contributed by atoms with Gasteiger partial charge in [-0.25, -0.2) is 4.79 Å². The average Bonchev–Trinajstić information content (AvgIpc) is 2.09. The third-order valence-electron chi connectivity index (χ3n) is 1.35. The van der Waals surface area contributed by atoms with Gasteiger partial charge >= 0.3 is 6.03 Å². The van der Waals surface area contributed by atoms with Crippen molar-refractivity contribution in [3.63, 3.8) is 0 Å². The zero-order valence-corrected chi connectivity index (χ0v) is 6.01. The average molecular weight is 156 g/mol. The summed E-state index contributed by atoms with van der Waals surface area (Å²) in [5.41, 5.74) is 0. The summed E-state index contributed by atoms with van der Waals surface area (Å²) >= 11 is 0. The molecule has 0 aromatic rings. The number of carbonyl (C=O) groups excluding carboxylic acids is 3. The molecule has 1 atom stereocenters. The fraction of sp³-hybridized carbons (Fsp3) is 0.500. The maximum absolute atomic E-state index is 10.8. The van der Waals surface area contributed by atoms with Crippen LogP contribution in [-0.4, -0.2) is 23.8 Å². The number of hydrogen-bond acceptors (Lipinski definition) is 3. The third-order valence-corrected chi connectivity index (χ3v) is 1.35. The zero-order valence-electron chi connectivity index (χ0n) is 6.01. The van der Waals surface area contributed by atoms with Gasteiger partial charge in [-0.15, -0.1) is 0 Å². The van der Waals surface area contributed by atoms with E-state index in [-0.39, 0.29) is 12.2 Å². The molecule has 0 aliphatic carbocycles. The van der Waals surface area contributed by atoms with Gasteiger partial charge in [-0.1, -0.05) is 0 Å². The Hall–Kier alpha value is -1.39. The van der Waals surface area contributed by atoms with Gasteiger partial charge in [0.25, 0.3) is 5.91 Å². The van der Waals surface area contributed by atoms with Crippen LogP contribution in [0, 0.1) is 0 Å². The molecule has 3 amide bonds. The molecule has 11 heavy (non-hydrogen) atoms. The van der Waals surface area contributed by atoms with E-state index in [2.05, 4.69) is 5.32 Å². The predicted molar refractivity (Wildman–Crippen MR) is 35.8 cm³/mol. The molecular formula is C6H8N2O3. The second kappa shape index (κ2) is 2.69. The number of hydrogen-bond donors (Lipinski definition) is 2. The van der Waals surface area contributed by atoms with Gasteiger partial charge in [-0.3, -0.25) is 14.9 Å². The molecule has 0 aromatic carbocycles. The summed E-state index contributed by atoms with van der Waals surface area (Å²) in [6.07, 6.45) is 0.0670. The van der Waals surface area contributed by atoms with E-state index in [1.807, 2.05) is 5.32 Å². The van der Waals surface area contributed by atoms with Gasteiger partial charge in [-0.2, -0.15) is 0 Å². The van der Waals surface area contributed by atoms with E-state index < -0.39 is 18.0 Å². The van der Waals surface area contributed by atoms with Crippen molar-refractivity contribution in [3.8, 4) is 0 Å². The lowest BCUT2D eigenvalue weighted by Gasteiger charge is -2.01. The summed E-state index contributed by atoms with van der Waals surface area (Å²) in [4.78, 5) is 31.8. The maximum atomic E-state index is 10.8. The van der Waals surface area contributed by atoms with E-state index in [4.69, 9.17) is 0 Å². The highest BCUT2D eigenvalue weighted by atomic mass is 16.2. The third kappa shape index (κ3) is 1.76. The van der Waals surface area contributed by atoms with Crippen LogP contribution < -0.4 is 10.6 Å². The lowest BCUT2D eigenvalue weighted by atomic mass is 10.1. The van der Waals surface area contributed by atoms with E-state index in [1.165, 1.54) is 6.92 Å². The van der Waals surface area contributed by atoms with Gasteiger partial charge in [0.1, 0.15) is 11.8 Å². The highest BCUT2D eigenvalue weighted by Gasteiger charge is 2.29. The zero-order chi connectivity index (χ0) is 8.43. The van der Waals surface area contributed by atoms with Crippen molar-refractivity contribution in [1.29, 1.82) is 0 Å². The number of Topliss-reactive ketones (excluding diaryl/α,β-unsaturated/α-hetero) is 1. The lowest BCUT2D eigenvalue weighted by molar-refractivity contribution is -0.124. The summed E-state index contributed by atoms with van der Waals surface area (Å²) in [5, 5.41) is 4.35. The van der Waals surface area contributed by atoms with Crippen molar-refractivity contribution < 1.29 is 14.4 Å². The topological polar surface area (TPSA) is 75.3 Å². The van der Waals surface area contributed by atoms with Crippen molar-refractivity contribution in [2.24, 2.45) is 0 Å². The minimum absolute atomic E-state index is 0.0670. The molecule has 1 rings (SSSR count). The largest absolute Gasteiger partial charge is 0.326 e. The standard InChI is InChI=1S/C6H8N2O3/c1-3(9)2-4-5(10)8-6(11)7-4/h4H,2H2,1H3,(H2,7,8,10,11). The van der Waals surface area contributed by atoms with Crippen LogP contribution in [0.3, 0.4) is 0 Å². The molecule has 5 heteroatoms. The SMILES string of the molecule is CC(=O)CC1NC(=O)NC1=O. The molecule has 60 valence electrons. The van der Waals surface area contributed by atoms with E-state index in [1.54, 1.807) is 0 Å². The molecule has 5 nitrogen and oxygen atoms in total. The summed E-state index contributed by atoms with van der Waals surface area (Å²) in [6.45, 7) is 1.37. The Morgan fingerprint density at radius 2 is 2.18 bits per heavy atom. The molecular weight excluding hydrogens is 148 g/mol. The number of nitrogens with one attached hydrogen (secondary N) is 2. The van der Waals surface area contributed by atoms with Crippen LogP contribution in [-0.2, 0) is 9.59 Å². The molecule has 1 unspecified atom stereocenters. The second-order valence-corrected chi connectivity index (χ2v) is 2.42. The molecule has 1 aliphatic rings. The van der Waals surface area contributed by atoms with Crippen molar-refractivity contribution in [2.45, 2.75) is 19.4 Å². The quantitative estimate of drug-likeness (QED) is 0.512. The minimum atomic E-state index is -0.667. The Bertz CT molecular complexity index is 224. The highest BCUT2D eigenvalue weighted by molar-refractivity contribution is 6.05. The van der Waals surface area contributed by atoms with Crippen LogP contribution in [0.4, 0.5) is 4.79 Å². The molecule has 0 saturated carbocycles. The number of ketones is 1. The lowest BCUT2D eigenvalue weighted by Crippen LogP contribution is -2.30. The van der Waals surface area contributed by atoms with Crippen molar-refractivity contribution in [3.05, 3.63) is 0 Å². The smallest absolute Gasteiger partial charge is 0.322 e. The van der Waals surface area contributed by atoms with Crippen LogP contribution in [0.2, 0.25) is 0 Å². The fourth-order valence-electron chi connectivity index (χ4n) is 0.890. The summed E-state index contributed by atoms with van der Waals surface area (Å²) in [6, 6.07) is -1.19. The van der Waals surface area contributed by atoms with Gasteiger partial charge in [0.15, 0.2) is 0 Å². The van der Waals surface area contributed by atoms with Crippen LogP contribution in [0.1, 0.15) is 13.3 Å². The summed E-state index contributed by atoms with van der Waals surface area (Å²) < 4.78 is 0. The first-order valence-corrected chi connectivity index (χ1v) is 3.20. The van der Waals surface area contributed by atoms with Gasteiger partial charge in [0.05, 0.1) is 0 Å². The van der Waals surface area contributed by atoms with Crippen LogP contribution >= 0.6 is 0 Å². The molecule has 0 spiro atoms. The molecule has 1 heterocycles. The number of carbonyl (C=O) groups is 3. The van der Waals surface area contributed by atoms with E-state index >= 15 is 0 Å². The van der Waals surface area contributed by atoms with Crippen molar-refractivity contribution in [2.75, 3.05) is 0 Å². The van der Waals surface area contributed by atoms with Gasteiger partial charge in [0.2, 0.25) is 0 Å². The van der Waals surface area contributed by atoms with E-state index in [9.17, 15) is 14.4 Å². The Balaban J connectivity index is 2.53. The summed E-state index contributed by atoms with van der Waals surface area (Å²) in [5.74, 6) is -0.544. The van der Waals surface area contributed by atoms with Crippen molar-refractivity contribution in [1.82, 2.24) is 10.6 Å². The number of imide groups is 1. The molecule has 1 fully saturated rings. The normalized spacial score (nSPS) is 22.8. The Morgan fingerprint density at radius 3 is 2.55 bits per heavy atom. The first kappa shape index (κ1) is 7.71. The van der Waals surface area contributed by atoms with Gasteiger partial charge in [0, 0.05) is 6.42 Å². The Kier molecular flexibility index (Phi) is 1.89. The van der Waals surface area contributed by atoms with E-state index in [0.29, 0.717) is 0 Å². The van der Waals surface area contributed by atoms with Crippen LogP contribution in [0.5, 0.6) is 0 Å². The number of amides is 3. The minimum Gasteiger partial charge on any atom is -0.326 e. The Morgan fingerprint density at radius 1 is 1.55 bits per heavy atom. The Labute approximate surface area is 63.1 Å². The summed E-state index contributed by atoms with van der Waals surface area (Å²) in [7, 11) is 0. The molecule has 0 aromatic heterocycles. The fourth-order valence-corrected chi connectivity index (χ4v) is 0.890. The first-order valence-electron chi connectivity index (χ1n) is 3.20. The highest BCUT2D eigenvalue weighted by Crippen LogP contribution is 1.98. The van der Waals surface area contributed by atoms with Crippen molar-refractivity contribution >= 4 is 17.7 Å². The first-order chi connectivity index (χ1) is 5.09. The maximum Gasteiger partial charge on any atom is 0.322 e. The van der Waals surface area contributed by atoms with Crippen LogP contribution in [0.15, 0.2) is 0 Å². The number of rotatable bonds is 2. The molecule has 0 bridgehead atoms. The molecule has 2 N–H and O–H groups in total.